The summed E-state index contributed by atoms with van der Waals surface area (Å²) in [6.45, 7) is 1.22. The van der Waals surface area contributed by atoms with Crippen molar-refractivity contribution in [3.05, 3.63) is 0 Å². The fourth-order valence-electron chi connectivity index (χ4n) is 0.783. The van der Waals surface area contributed by atoms with Crippen LogP contribution in [-0.4, -0.2) is 37.1 Å². The van der Waals surface area contributed by atoms with Crippen LogP contribution in [0.5, 0.6) is 0 Å². The predicted octanol–water partition coefficient (Wildman–Crippen LogP) is -1.05. The van der Waals surface area contributed by atoms with Gasteiger partial charge in [0.05, 0.1) is 0 Å². The van der Waals surface area contributed by atoms with Gasteiger partial charge in [-0.1, -0.05) is 5.16 Å². The molecule has 1 rings (SSSR count). The normalized spacial score (nSPS) is 31.3. The molecule has 52 valence electrons. The smallest absolute Gasteiger partial charge is 0.109 e. The Bertz CT molecular complexity index is 124. The summed E-state index contributed by atoms with van der Waals surface area (Å²) < 4.78 is 0. The molecular formula is C5H10N2O2. The lowest BCUT2D eigenvalue weighted by molar-refractivity contribution is 0.200. The minimum Gasteiger partial charge on any atom is -0.399 e. The minimum absolute atomic E-state index is 0.454. The van der Waals surface area contributed by atoms with E-state index in [0.717, 1.165) is 0 Å². The van der Waals surface area contributed by atoms with Gasteiger partial charge < -0.3 is 15.3 Å². The van der Waals surface area contributed by atoms with Gasteiger partial charge in [-0.15, -0.1) is 0 Å². The second kappa shape index (κ2) is 2.80. The number of hydrogen-bond acceptors (Lipinski definition) is 4. The van der Waals surface area contributed by atoms with Crippen LogP contribution < -0.4 is 5.32 Å². The summed E-state index contributed by atoms with van der Waals surface area (Å²) >= 11 is 0. The molecule has 0 aromatic rings. The van der Waals surface area contributed by atoms with Gasteiger partial charge in [-0.3, -0.25) is 0 Å². The van der Waals surface area contributed by atoms with Gasteiger partial charge in [0.25, 0.3) is 0 Å². The van der Waals surface area contributed by atoms with E-state index in [1.807, 2.05) is 0 Å². The summed E-state index contributed by atoms with van der Waals surface area (Å²) in [7, 11) is 1.47. The Labute approximate surface area is 53.5 Å². The van der Waals surface area contributed by atoms with E-state index >= 15 is 0 Å². The van der Waals surface area contributed by atoms with Crippen LogP contribution in [-0.2, 0) is 4.84 Å². The molecule has 2 N–H and O–H groups in total. The molecular weight excluding hydrogens is 120 g/mol. The number of rotatable bonds is 1. The molecule has 0 aromatic heterocycles. The summed E-state index contributed by atoms with van der Waals surface area (Å²) in [4.78, 5) is 4.48. The molecule has 0 amide bonds. The van der Waals surface area contributed by atoms with Crippen LogP contribution in [0, 0.1) is 0 Å². The van der Waals surface area contributed by atoms with Gasteiger partial charge in [0, 0.05) is 13.1 Å². The first-order chi connectivity index (χ1) is 4.34. The lowest BCUT2D eigenvalue weighted by Crippen LogP contribution is -2.17. The molecule has 1 fully saturated rings. The molecule has 0 radical (unpaired) electrons. The number of nitrogens with one attached hydrogen (secondary N) is 1. The summed E-state index contributed by atoms with van der Waals surface area (Å²) in [5.74, 6) is 0. The van der Waals surface area contributed by atoms with Crippen molar-refractivity contribution in [3.8, 4) is 0 Å². The van der Waals surface area contributed by atoms with E-state index in [-0.39, 0.29) is 0 Å². The van der Waals surface area contributed by atoms with Crippen molar-refractivity contribution in [2.45, 2.75) is 6.10 Å². The number of oxime groups is 1. The van der Waals surface area contributed by atoms with Crippen molar-refractivity contribution >= 4 is 5.71 Å². The van der Waals surface area contributed by atoms with Gasteiger partial charge in [0.2, 0.25) is 0 Å². The SMILES string of the molecule is CO/N=C1\CNC[C@@H]1O. The van der Waals surface area contributed by atoms with Gasteiger partial charge in [-0.25, -0.2) is 0 Å². The molecule has 1 saturated heterocycles. The van der Waals surface area contributed by atoms with Gasteiger partial charge in [0.1, 0.15) is 18.9 Å². The van der Waals surface area contributed by atoms with Crippen LogP contribution in [0.2, 0.25) is 0 Å². The predicted molar refractivity (Wildman–Crippen MR) is 33.3 cm³/mol. The van der Waals surface area contributed by atoms with Crippen LogP contribution in [0.1, 0.15) is 0 Å². The summed E-state index contributed by atoms with van der Waals surface area (Å²) in [5, 5.41) is 15.6. The van der Waals surface area contributed by atoms with Crippen LogP contribution in [0.25, 0.3) is 0 Å². The second-order valence-corrected chi connectivity index (χ2v) is 1.91. The van der Waals surface area contributed by atoms with Crippen molar-refractivity contribution < 1.29 is 9.94 Å². The number of β-amino-alcohol motifs (C(OH)–C–C–N with tert-alkyl or cyclic N) is 1. The lowest BCUT2D eigenvalue weighted by Gasteiger charge is -1.97. The Morgan fingerprint density at radius 1 is 1.89 bits per heavy atom. The maximum absolute atomic E-state index is 9.05. The average Bonchev–Trinajstić information content (AvgIpc) is 2.18. The Morgan fingerprint density at radius 3 is 3.11 bits per heavy atom. The topological polar surface area (TPSA) is 53.8 Å². The van der Waals surface area contributed by atoms with E-state index in [9.17, 15) is 0 Å². The van der Waals surface area contributed by atoms with Gasteiger partial charge in [-0.2, -0.15) is 0 Å². The van der Waals surface area contributed by atoms with Gasteiger partial charge in [0.15, 0.2) is 0 Å². The van der Waals surface area contributed by atoms with E-state index < -0.39 is 6.10 Å². The first kappa shape index (κ1) is 6.51. The zero-order chi connectivity index (χ0) is 6.69. The molecule has 4 nitrogen and oxygen atoms in total. The number of aliphatic hydroxyl groups is 1. The maximum Gasteiger partial charge on any atom is 0.109 e. The van der Waals surface area contributed by atoms with Gasteiger partial charge in [-0.05, 0) is 0 Å². The van der Waals surface area contributed by atoms with Crippen molar-refractivity contribution in [2.75, 3.05) is 20.2 Å². The summed E-state index contributed by atoms with van der Waals surface area (Å²) in [5.41, 5.74) is 0.678. The molecule has 1 atom stereocenters. The monoisotopic (exact) mass is 130 g/mol. The Kier molecular flexibility index (Phi) is 2.02. The zero-order valence-corrected chi connectivity index (χ0v) is 5.29. The Morgan fingerprint density at radius 2 is 2.67 bits per heavy atom. The molecule has 1 aliphatic rings. The molecule has 1 heterocycles. The quantitative estimate of drug-likeness (QED) is 0.445. The highest BCUT2D eigenvalue weighted by Crippen LogP contribution is 1.94. The second-order valence-electron chi connectivity index (χ2n) is 1.91. The molecule has 1 aliphatic heterocycles. The fourth-order valence-corrected chi connectivity index (χ4v) is 0.783. The number of hydrogen-bond donors (Lipinski definition) is 2. The molecule has 4 heteroatoms. The van der Waals surface area contributed by atoms with Gasteiger partial charge >= 0.3 is 0 Å². The van der Waals surface area contributed by atoms with Crippen LogP contribution in [0.3, 0.4) is 0 Å². The Balaban J connectivity index is 2.48. The third kappa shape index (κ3) is 1.40. The van der Waals surface area contributed by atoms with E-state index in [2.05, 4.69) is 15.3 Å². The first-order valence-corrected chi connectivity index (χ1v) is 2.83. The number of nitrogens with zero attached hydrogens (tertiary/aromatic N) is 1. The standard InChI is InChI=1S/C5H10N2O2/c1-9-7-4-2-6-3-5(4)8/h5-6,8H,2-3H2,1H3/b7-4+/t5-/m0/s1. The largest absolute Gasteiger partial charge is 0.399 e. The fraction of sp³-hybridized carbons (Fsp3) is 0.800. The van der Waals surface area contributed by atoms with E-state index in [1.165, 1.54) is 7.11 Å². The third-order valence-electron chi connectivity index (χ3n) is 1.24. The highest BCUT2D eigenvalue weighted by Gasteiger charge is 2.19. The molecule has 0 aromatic carbocycles. The molecule has 9 heavy (non-hydrogen) atoms. The highest BCUT2D eigenvalue weighted by molar-refractivity contribution is 5.91. The van der Waals surface area contributed by atoms with E-state index in [0.29, 0.717) is 18.8 Å². The zero-order valence-electron chi connectivity index (χ0n) is 5.29. The maximum atomic E-state index is 9.05. The molecule has 0 aliphatic carbocycles. The molecule has 0 bridgehead atoms. The third-order valence-corrected chi connectivity index (χ3v) is 1.24. The first-order valence-electron chi connectivity index (χ1n) is 2.83. The molecule has 0 spiro atoms. The van der Waals surface area contributed by atoms with Crippen LogP contribution >= 0.6 is 0 Å². The summed E-state index contributed by atoms with van der Waals surface area (Å²) in [6.07, 6.45) is -0.454. The van der Waals surface area contributed by atoms with Crippen molar-refractivity contribution in [1.82, 2.24) is 5.32 Å². The lowest BCUT2D eigenvalue weighted by atomic mass is 10.3. The van der Waals surface area contributed by atoms with E-state index in [1.54, 1.807) is 0 Å². The van der Waals surface area contributed by atoms with Crippen molar-refractivity contribution in [3.63, 3.8) is 0 Å². The van der Waals surface area contributed by atoms with Crippen molar-refractivity contribution in [1.29, 1.82) is 0 Å². The minimum atomic E-state index is -0.454. The molecule has 0 saturated carbocycles. The Hall–Kier alpha value is -0.610. The number of aliphatic hydroxyl groups excluding tert-OH is 1. The van der Waals surface area contributed by atoms with Crippen LogP contribution in [0.4, 0.5) is 0 Å². The van der Waals surface area contributed by atoms with E-state index in [4.69, 9.17) is 5.11 Å². The average molecular weight is 130 g/mol. The molecule has 0 unspecified atom stereocenters. The highest BCUT2D eigenvalue weighted by atomic mass is 16.6. The van der Waals surface area contributed by atoms with Crippen LogP contribution in [0.15, 0.2) is 5.16 Å². The van der Waals surface area contributed by atoms with Crippen molar-refractivity contribution in [2.24, 2.45) is 5.16 Å². The summed E-state index contributed by atoms with van der Waals surface area (Å²) in [6, 6.07) is 0.